The second-order valence-electron chi connectivity index (χ2n) is 5.91. The minimum Gasteiger partial charge on any atom is -0.314 e. The van der Waals surface area contributed by atoms with Crippen molar-refractivity contribution in [2.75, 3.05) is 6.54 Å². The van der Waals surface area contributed by atoms with Gasteiger partial charge >= 0.3 is 0 Å². The Morgan fingerprint density at radius 1 is 1.29 bits per heavy atom. The smallest absolute Gasteiger partial charge is 0.0522 e. The van der Waals surface area contributed by atoms with E-state index in [1.807, 2.05) is 17.9 Å². The van der Waals surface area contributed by atoms with Crippen molar-refractivity contribution >= 4 is 0 Å². The lowest BCUT2D eigenvalue weighted by molar-refractivity contribution is 0.477. The van der Waals surface area contributed by atoms with Crippen LogP contribution in [0.3, 0.4) is 0 Å². The molecule has 114 valence electrons. The summed E-state index contributed by atoms with van der Waals surface area (Å²) in [7, 11) is 1.98. The van der Waals surface area contributed by atoms with Crippen LogP contribution in [0, 0.1) is 6.92 Å². The Bertz CT molecular complexity index is 545. The Morgan fingerprint density at radius 3 is 2.81 bits per heavy atom. The first kappa shape index (κ1) is 15.8. The molecule has 2 aromatic rings. The van der Waals surface area contributed by atoms with E-state index in [9.17, 15) is 0 Å². The normalized spacial score (nSPS) is 12.5. The maximum atomic E-state index is 4.27. The lowest BCUT2D eigenvalue weighted by atomic mass is 9.99. The topological polar surface area (TPSA) is 29.9 Å². The molecule has 0 aliphatic heterocycles. The molecule has 0 saturated carbocycles. The van der Waals surface area contributed by atoms with Crippen LogP contribution in [0.5, 0.6) is 0 Å². The molecule has 0 radical (unpaired) electrons. The maximum Gasteiger partial charge on any atom is 0.0522 e. The Kier molecular flexibility index (Phi) is 6.00. The molecular formula is C18H27N3. The highest BCUT2D eigenvalue weighted by Crippen LogP contribution is 2.11. The predicted octanol–water partition coefficient (Wildman–Crippen LogP) is 3.27. The van der Waals surface area contributed by atoms with Crippen LogP contribution < -0.4 is 5.32 Å². The van der Waals surface area contributed by atoms with Gasteiger partial charge in [-0.2, -0.15) is 5.10 Å². The highest BCUT2D eigenvalue weighted by Gasteiger charge is 2.10. The van der Waals surface area contributed by atoms with Gasteiger partial charge in [-0.05, 0) is 50.3 Å². The third-order valence-corrected chi connectivity index (χ3v) is 3.79. The number of nitrogens with zero attached hydrogens (tertiary/aromatic N) is 2. The van der Waals surface area contributed by atoms with E-state index in [2.05, 4.69) is 54.7 Å². The second kappa shape index (κ2) is 7.99. The number of rotatable bonds is 8. The third kappa shape index (κ3) is 5.35. The number of hydrogen-bond acceptors (Lipinski definition) is 2. The Hall–Kier alpha value is -1.61. The highest BCUT2D eigenvalue weighted by molar-refractivity contribution is 5.22. The summed E-state index contributed by atoms with van der Waals surface area (Å²) in [6.45, 7) is 5.46. The quantitative estimate of drug-likeness (QED) is 0.806. The Labute approximate surface area is 128 Å². The number of nitrogens with one attached hydrogen (secondary N) is 1. The first-order valence-electron chi connectivity index (χ1n) is 7.94. The highest BCUT2D eigenvalue weighted by atomic mass is 15.2. The molecular weight excluding hydrogens is 258 g/mol. The van der Waals surface area contributed by atoms with Crippen molar-refractivity contribution in [2.24, 2.45) is 7.05 Å². The fourth-order valence-electron chi connectivity index (χ4n) is 2.70. The number of aromatic nitrogens is 2. The SMILES string of the molecule is CCCNC(CCc1cccc(C)c1)Cc1cnn(C)c1. The summed E-state index contributed by atoms with van der Waals surface area (Å²) < 4.78 is 1.88. The molecule has 2 rings (SSSR count). The molecule has 3 nitrogen and oxygen atoms in total. The fraction of sp³-hybridized carbons (Fsp3) is 0.500. The summed E-state index contributed by atoms with van der Waals surface area (Å²) in [6, 6.07) is 9.36. The molecule has 21 heavy (non-hydrogen) atoms. The number of hydrogen-bond donors (Lipinski definition) is 1. The van der Waals surface area contributed by atoms with Crippen LogP contribution in [0.2, 0.25) is 0 Å². The van der Waals surface area contributed by atoms with Gasteiger partial charge in [0.15, 0.2) is 0 Å². The minimum atomic E-state index is 0.523. The molecule has 0 aliphatic carbocycles. The fourth-order valence-corrected chi connectivity index (χ4v) is 2.70. The van der Waals surface area contributed by atoms with Gasteiger partial charge in [-0.15, -0.1) is 0 Å². The van der Waals surface area contributed by atoms with Crippen LogP contribution in [0.1, 0.15) is 36.5 Å². The zero-order chi connectivity index (χ0) is 15.1. The first-order valence-corrected chi connectivity index (χ1v) is 7.94. The summed E-state index contributed by atoms with van der Waals surface area (Å²) in [4.78, 5) is 0. The predicted molar refractivity (Wildman–Crippen MR) is 88.5 cm³/mol. The lowest BCUT2D eigenvalue weighted by Crippen LogP contribution is -2.32. The zero-order valence-electron chi connectivity index (χ0n) is 13.5. The molecule has 3 heteroatoms. The molecule has 1 unspecified atom stereocenters. The largest absolute Gasteiger partial charge is 0.314 e. The van der Waals surface area contributed by atoms with Crippen LogP contribution in [0.4, 0.5) is 0 Å². The van der Waals surface area contributed by atoms with Gasteiger partial charge in [0.2, 0.25) is 0 Å². The van der Waals surface area contributed by atoms with E-state index in [0.29, 0.717) is 6.04 Å². The molecule has 1 aromatic carbocycles. The Morgan fingerprint density at radius 2 is 2.14 bits per heavy atom. The van der Waals surface area contributed by atoms with Crippen molar-refractivity contribution < 1.29 is 0 Å². The zero-order valence-corrected chi connectivity index (χ0v) is 13.5. The van der Waals surface area contributed by atoms with E-state index in [1.54, 1.807) is 0 Å². The van der Waals surface area contributed by atoms with Gasteiger partial charge in [-0.25, -0.2) is 0 Å². The van der Waals surface area contributed by atoms with E-state index in [-0.39, 0.29) is 0 Å². The summed E-state index contributed by atoms with van der Waals surface area (Å²) >= 11 is 0. The van der Waals surface area contributed by atoms with Gasteiger partial charge < -0.3 is 5.32 Å². The van der Waals surface area contributed by atoms with E-state index >= 15 is 0 Å². The van der Waals surface area contributed by atoms with Crippen molar-refractivity contribution in [1.82, 2.24) is 15.1 Å². The van der Waals surface area contributed by atoms with Gasteiger partial charge in [0.1, 0.15) is 0 Å². The van der Waals surface area contributed by atoms with E-state index in [0.717, 1.165) is 19.4 Å². The van der Waals surface area contributed by atoms with Crippen LogP contribution in [-0.2, 0) is 19.9 Å². The van der Waals surface area contributed by atoms with Crippen molar-refractivity contribution in [3.05, 3.63) is 53.3 Å². The minimum absolute atomic E-state index is 0.523. The average Bonchev–Trinajstić information content (AvgIpc) is 2.87. The standard InChI is InChI=1S/C18H27N3/c1-4-10-19-18(12-17-13-20-21(3)14-17)9-8-16-7-5-6-15(2)11-16/h5-7,11,13-14,18-19H,4,8-10,12H2,1-3H3. The van der Waals surface area contributed by atoms with E-state index < -0.39 is 0 Å². The Balaban J connectivity index is 1.92. The molecule has 1 heterocycles. The van der Waals surface area contributed by atoms with E-state index in [4.69, 9.17) is 0 Å². The maximum absolute atomic E-state index is 4.27. The first-order chi connectivity index (χ1) is 10.2. The average molecular weight is 285 g/mol. The van der Waals surface area contributed by atoms with Gasteiger partial charge in [0.25, 0.3) is 0 Å². The molecule has 1 atom stereocenters. The molecule has 0 bridgehead atoms. The second-order valence-corrected chi connectivity index (χ2v) is 5.91. The molecule has 0 fully saturated rings. The van der Waals surface area contributed by atoms with E-state index in [1.165, 1.54) is 29.5 Å². The van der Waals surface area contributed by atoms with Crippen molar-refractivity contribution in [2.45, 2.75) is 45.6 Å². The summed E-state index contributed by atoms with van der Waals surface area (Å²) in [5.74, 6) is 0. The number of benzene rings is 1. The summed E-state index contributed by atoms with van der Waals surface area (Å²) in [5.41, 5.74) is 4.10. The van der Waals surface area contributed by atoms with Gasteiger partial charge in [0.05, 0.1) is 6.20 Å². The van der Waals surface area contributed by atoms with Gasteiger partial charge in [0, 0.05) is 19.3 Å². The van der Waals surface area contributed by atoms with Crippen molar-refractivity contribution in [3.63, 3.8) is 0 Å². The van der Waals surface area contributed by atoms with Crippen molar-refractivity contribution in [1.29, 1.82) is 0 Å². The summed E-state index contributed by atoms with van der Waals surface area (Å²) in [5, 5.41) is 7.94. The summed E-state index contributed by atoms with van der Waals surface area (Å²) in [6.07, 6.45) is 8.62. The van der Waals surface area contributed by atoms with Gasteiger partial charge in [-0.1, -0.05) is 36.8 Å². The molecule has 1 aromatic heterocycles. The van der Waals surface area contributed by atoms with Crippen molar-refractivity contribution in [3.8, 4) is 0 Å². The van der Waals surface area contributed by atoms with Crippen LogP contribution in [-0.4, -0.2) is 22.4 Å². The van der Waals surface area contributed by atoms with Crippen LogP contribution >= 0.6 is 0 Å². The lowest BCUT2D eigenvalue weighted by Gasteiger charge is -2.18. The third-order valence-electron chi connectivity index (χ3n) is 3.79. The van der Waals surface area contributed by atoms with Gasteiger partial charge in [-0.3, -0.25) is 4.68 Å². The molecule has 0 spiro atoms. The molecule has 0 amide bonds. The molecule has 1 N–H and O–H groups in total. The number of aryl methyl sites for hydroxylation is 3. The van der Waals surface area contributed by atoms with Crippen LogP contribution in [0.15, 0.2) is 36.7 Å². The monoisotopic (exact) mass is 285 g/mol. The molecule has 0 aliphatic rings. The molecule has 0 saturated heterocycles. The van der Waals surface area contributed by atoms with Crippen LogP contribution in [0.25, 0.3) is 0 Å².